The number of piperazine rings is 1. The van der Waals surface area contributed by atoms with Crippen LogP contribution < -0.4 is 10.0 Å². The lowest BCUT2D eigenvalue weighted by molar-refractivity contribution is -0.130. The number of rotatable bonds is 4. The van der Waals surface area contributed by atoms with E-state index < -0.39 is 21.5 Å². The van der Waals surface area contributed by atoms with Crippen LogP contribution in [0.5, 0.6) is 0 Å². The van der Waals surface area contributed by atoms with Crippen molar-refractivity contribution in [1.29, 1.82) is 0 Å². The first-order chi connectivity index (χ1) is 7.79. The van der Waals surface area contributed by atoms with Crippen LogP contribution >= 0.6 is 0 Å². The summed E-state index contributed by atoms with van der Waals surface area (Å²) >= 11 is 0. The number of nitrogens with zero attached hydrogens (tertiary/aromatic N) is 1. The molecule has 0 atom stereocenters. The molecule has 0 saturated carbocycles. The molecule has 7 heteroatoms. The highest BCUT2D eigenvalue weighted by Crippen LogP contribution is 2.15. The number of nitrogens with one attached hydrogen (secondary N) is 2. The minimum atomic E-state index is -3.48. The molecule has 0 unspecified atom stereocenters. The lowest BCUT2D eigenvalue weighted by Gasteiger charge is -2.39. The standard InChI is InChI=1S/C10H21N3O3S/c1-4-17(15,16)12-9(14)10(2,3)13-7-5-11-6-8-13/h11H,4-8H2,1-3H3,(H,12,14). The maximum atomic E-state index is 12.0. The average Bonchev–Trinajstić information content (AvgIpc) is 2.29. The van der Waals surface area contributed by atoms with E-state index in [2.05, 4.69) is 10.0 Å². The van der Waals surface area contributed by atoms with Crippen molar-refractivity contribution in [1.82, 2.24) is 14.9 Å². The molecule has 6 nitrogen and oxygen atoms in total. The van der Waals surface area contributed by atoms with Crippen LogP contribution in [0.4, 0.5) is 0 Å². The maximum Gasteiger partial charge on any atom is 0.253 e. The van der Waals surface area contributed by atoms with E-state index in [0.29, 0.717) is 0 Å². The van der Waals surface area contributed by atoms with E-state index in [4.69, 9.17) is 0 Å². The Morgan fingerprint density at radius 2 is 1.88 bits per heavy atom. The van der Waals surface area contributed by atoms with E-state index in [1.165, 1.54) is 6.92 Å². The Bertz CT molecular complexity index is 372. The molecule has 100 valence electrons. The molecular formula is C10H21N3O3S. The molecule has 1 heterocycles. The molecule has 0 aromatic heterocycles. The van der Waals surface area contributed by atoms with Crippen LogP contribution in [-0.2, 0) is 14.8 Å². The van der Waals surface area contributed by atoms with Crippen LogP contribution in [-0.4, -0.2) is 56.7 Å². The third kappa shape index (κ3) is 3.65. The van der Waals surface area contributed by atoms with Gasteiger partial charge in [-0.3, -0.25) is 14.4 Å². The molecule has 0 radical (unpaired) electrons. The van der Waals surface area contributed by atoms with Gasteiger partial charge in [-0.15, -0.1) is 0 Å². The molecule has 1 fully saturated rings. The molecule has 2 N–H and O–H groups in total. The van der Waals surface area contributed by atoms with Gasteiger partial charge in [0, 0.05) is 26.2 Å². The summed E-state index contributed by atoms with van der Waals surface area (Å²) in [6.45, 7) is 8.12. The van der Waals surface area contributed by atoms with E-state index >= 15 is 0 Å². The van der Waals surface area contributed by atoms with E-state index in [1.807, 2.05) is 4.90 Å². The van der Waals surface area contributed by atoms with Crippen LogP contribution in [0.2, 0.25) is 0 Å². The van der Waals surface area contributed by atoms with Gasteiger partial charge in [0.05, 0.1) is 11.3 Å². The number of amides is 1. The molecule has 0 aromatic carbocycles. The molecule has 0 spiro atoms. The predicted molar refractivity (Wildman–Crippen MR) is 66.1 cm³/mol. The summed E-state index contributed by atoms with van der Waals surface area (Å²) in [7, 11) is -3.48. The monoisotopic (exact) mass is 263 g/mol. The number of sulfonamides is 1. The predicted octanol–water partition coefficient (Wildman–Crippen LogP) is -0.864. The van der Waals surface area contributed by atoms with Crippen molar-refractivity contribution in [2.24, 2.45) is 0 Å². The fourth-order valence-electron chi connectivity index (χ4n) is 1.71. The van der Waals surface area contributed by atoms with Gasteiger partial charge in [0.25, 0.3) is 5.91 Å². The van der Waals surface area contributed by atoms with E-state index in [1.54, 1.807) is 13.8 Å². The molecule has 17 heavy (non-hydrogen) atoms. The zero-order chi connectivity index (χ0) is 13.1. The molecule has 0 bridgehead atoms. The molecule has 1 aliphatic rings. The highest BCUT2D eigenvalue weighted by molar-refractivity contribution is 7.90. The largest absolute Gasteiger partial charge is 0.314 e. The van der Waals surface area contributed by atoms with E-state index in [9.17, 15) is 13.2 Å². The van der Waals surface area contributed by atoms with Crippen LogP contribution in [0, 0.1) is 0 Å². The fourth-order valence-corrected chi connectivity index (χ4v) is 2.38. The Kier molecular flexibility index (Phi) is 4.51. The molecule has 1 amide bonds. The Labute approximate surface area is 103 Å². The minimum absolute atomic E-state index is 0.0869. The highest BCUT2D eigenvalue weighted by atomic mass is 32.2. The molecular weight excluding hydrogens is 242 g/mol. The summed E-state index contributed by atoms with van der Waals surface area (Å²) in [6, 6.07) is 0. The quantitative estimate of drug-likeness (QED) is 0.690. The summed E-state index contributed by atoms with van der Waals surface area (Å²) in [6.07, 6.45) is 0. The Balaban J connectivity index is 2.72. The van der Waals surface area contributed by atoms with Gasteiger partial charge in [-0.1, -0.05) is 0 Å². The second-order valence-corrected chi connectivity index (χ2v) is 6.64. The van der Waals surface area contributed by atoms with Crippen molar-refractivity contribution in [3.05, 3.63) is 0 Å². The summed E-state index contributed by atoms with van der Waals surface area (Å²) in [5, 5.41) is 3.19. The van der Waals surface area contributed by atoms with Crippen LogP contribution in [0.15, 0.2) is 0 Å². The Hall–Kier alpha value is -0.660. The third-order valence-corrected chi connectivity index (χ3v) is 4.35. The van der Waals surface area contributed by atoms with Crippen molar-refractivity contribution in [2.45, 2.75) is 26.3 Å². The van der Waals surface area contributed by atoms with Gasteiger partial charge in [-0.2, -0.15) is 0 Å². The summed E-state index contributed by atoms with van der Waals surface area (Å²) in [5.74, 6) is -0.544. The van der Waals surface area contributed by atoms with Crippen LogP contribution in [0.25, 0.3) is 0 Å². The second kappa shape index (κ2) is 5.32. The van der Waals surface area contributed by atoms with Gasteiger partial charge >= 0.3 is 0 Å². The third-order valence-electron chi connectivity index (χ3n) is 3.09. The lowest BCUT2D eigenvalue weighted by Crippen LogP contribution is -2.60. The smallest absolute Gasteiger partial charge is 0.253 e. The van der Waals surface area contributed by atoms with Crippen molar-refractivity contribution in [2.75, 3.05) is 31.9 Å². The van der Waals surface area contributed by atoms with Gasteiger partial charge in [0.15, 0.2) is 0 Å². The molecule has 1 rings (SSSR count). The number of hydrogen-bond acceptors (Lipinski definition) is 5. The van der Waals surface area contributed by atoms with Crippen LogP contribution in [0.1, 0.15) is 20.8 Å². The summed E-state index contributed by atoms with van der Waals surface area (Å²) in [5.41, 5.74) is -0.801. The molecule has 1 aliphatic heterocycles. The fraction of sp³-hybridized carbons (Fsp3) is 0.900. The van der Waals surface area contributed by atoms with Crippen molar-refractivity contribution >= 4 is 15.9 Å². The number of hydrogen-bond donors (Lipinski definition) is 2. The van der Waals surface area contributed by atoms with Crippen molar-refractivity contribution in [3.63, 3.8) is 0 Å². The zero-order valence-corrected chi connectivity index (χ0v) is 11.4. The Morgan fingerprint density at radius 3 is 2.35 bits per heavy atom. The van der Waals surface area contributed by atoms with E-state index in [-0.39, 0.29) is 5.75 Å². The first-order valence-corrected chi connectivity index (χ1v) is 7.45. The average molecular weight is 263 g/mol. The number of carbonyl (C=O) groups excluding carboxylic acids is 1. The molecule has 1 saturated heterocycles. The SMILES string of the molecule is CCS(=O)(=O)NC(=O)C(C)(C)N1CCNCC1. The lowest BCUT2D eigenvalue weighted by atomic mass is 10.0. The van der Waals surface area contributed by atoms with Crippen molar-refractivity contribution < 1.29 is 13.2 Å². The van der Waals surface area contributed by atoms with Crippen LogP contribution in [0.3, 0.4) is 0 Å². The summed E-state index contributed by atoms with van der Waals surface area (Å²) in [4.78, 5) is 14.0. The normalized spacial score (nSPS) is 19.0. The zero-order valence-electron chi connectivity index (χ0n) is 10.6. The first-order valence-electron chi connectivity index (χ1n) is 5.80. The van der Waals surface area contributed by atoms with Gasteiger partial charge in [0.1, 0.15) is 0 Å². The number of carbonyl (C=O) groups is 1. The maximum absolute atomic E-state index is 12.0. The highest BCUT2D eigenvalue weighted by Gasteiger charge is 2.36. The van der Waals surface area contributed by atoms with Crippen molar-refractivity contribution in [3.8, 4) is 0 Å². The summed E-state index contributed by atoms with van der Waals surface area (Å²) < 4.78 is 24.9. The molecule has 0 aromatic rings. The molecule has 0 aliphatic carbocycles. The topological polar surface area (TPSA) is 78.5 Å². The van der Waals surface area contributed by atoms with E-state index in [0.717, 1.165) is 26.2 Å². The van der Waals surface area contributed by atoms with Gasteiger partial charge < -0.3 is 5.32 Å². The minimum Gasteiger partial charge on any atom is -0.314 e. The first kappa shape index (κ1) is 14.4. The van der Waals surface area contributed by atoms with Gasteiger partial charge in [-0.25, -0.2) is 8.42 Å². The van der Waals surface area contributed by atoms with Gasteiger partial charge in [-0.05, 0) is 20.8 Å². The van der Waals surface area contributed by atoms with Gasteiger partial charge in [0.2, 0.25) is 10.0 Å². The Morgan fingerprint density at radius 1 is 1.35 bits per heavy atom. The second-order valence-electron chi connectivity index (χ2n) is 4.63.